The van der Waals surface area contributed by atoms with Crippen LogP contribution in [0.2, 0.25) is 0 Å². The first-order valence-corrected chi connectivity index (χ1v) is 14.4. The van der Waals surface area contributed by atoms with E-state index >= 15 is 0 Å². The van der Waals surface area contributed by atoms with Gasteiger partial charge in [-0.2, -0.15) is 9.67 Å². The van der Waals surface area contributed by atoms with Crippen molar-refractivity contribution in [2.75, 3.05) is 60.1 Å². The van der Waals surface area contributed by atoms with Crippen LogP contribution in [0.25, 0.3) is 5.69 Å². The van der Waals surface area contributed by atoms with Gasteiger partial charge >= 0.3 is 6.09 Å². The Labute approximate surface area is 246 Å². The van der Waals surface area contributed by atoms with E-state index in [4.69, 9.17) is 10.5 Å². The van der Waals surface area contributed by atoms with Gasteiger partial charge in [0.15, 0.2) is 0 Å². The van der Waals surface area contributed by atoms with Gasteiger partial charge in [-0.3, -0.25) is 4.79 Å². The van der Waals surface area contributed by atoms with E-state index in [1.807, 2.05) is 55.1 Å². The SMILES string of the molecule is CC(=O)N1[C@H](C)CN(c2cc(-n3nc(Nc4ccc(N5CCN(C(=O)OC(C)C)CC5)cc4)nc3N)ccn2)C[C@@H]1C. The Balaban J connectivity index is 1.22. The summed E-state index contributed by atoms with van der Waals surface area (Å²) in [5.41, 5.74) is 8.92. The fourth-order valence-corrected chi connectivity index (χ4v) is 5.72. The number of nitrogens with one attached hydrogen (secondary N) is 1. The number of aromatic nitrogens is 4. The first-order valence-electron chi connectivity index (χ1n) is 14.4. The standard InChI is InChI=1S/C29H40N10O3/c1-19(2)42-29(41)36-14-12-35(13-15-36)24-8-6-23(7-9-24)32-28-33-27(30)39(34-28)25-10-11-31-26(16-25)37-17-20(3)38(22(5)40)21(4)18-37/h6-11,16,19-21H,12-15,17-18H2,1-5H3,(H3,30,32,33,34)/t20-,21+. The van der Waals surface area contributed by atoms with Gasteiger partial charge in [-0.25, -0.2) is 9.78 Å². The lowest BCUT2D eigenvalue weighted by Crippen LogP contribution is -2.58. The molecule has 2 saturated heterocycles. The second kappa shape index (κ2) is 12.1. The van der Waals surface area contributed by atoms with E-state index in [1.165, 1.54) is 0 Å². The van der Waals surface area contributed by atoms with Crippen molar-refractivity contribution in [2.45, 2.75) is 52.8 Å². The third-order valence-electron chi connectivity index (χ3n) is 7.58. The van der Waals surface area contributed by atoms with Crippen molar-refractivity contribution < 1.29 is 14.3 Å². The molecule has 42 heavy (non-hydrogen) atoms. The summed E-state index contributed by atoms with van der Waals surface area (Å²) in [6.45, 7) is 13.5. The number of nitrogens with two attached hydrogens (primary N) is 1. The minimum absolute atomic E-state index is 0.0773. The van der Waals surface area contributed by atoms with E-state index in [0.29, 0.717) is 32.1 Å². The minimum Gasteiger partial charge on any atom is -0.447 e. The third kappa shape index (κ3) is 6.34. The quantitative estimate of drug-likeness (QED) is 0.450. The Kier molecular flexibility index (Phi) is 8.36. The maximum Gasteiger partial charge on any atom is 0.410 e. The monoisotopic (exact) mass is 576 g/mol. The molecule has 224 valence electrons. The maximum atomic E-state index is 12.2. The Hall–Kier alpha value is -4.55. The van der Waals surface area contributed by atoms with Gasteiger partial charge in [0.2, 0.25) is 17.8 Å². The molecule has 3 N–H and O–H groups in total. The number of anilines is 5. The smallest absolute Gasteiger partial charge is 0.410 e. The highest BCUT2D eigenvalue weighted by atomic mass is 16.6. The Bertz CT molecular complexity index is 1390. The average molecular weight is 577 g/mol. The van der Waals surface area contributed by atoms with Gasteiger partial charge in [0.05, 0.1) is 11.8 Å². The number of rotatable bonds is 6. The molecular weight excluding hydrogens is 536 g/mol. The van der Waals surface area contributed by atoms with Gasteiger partial charge in [0.25, 0.3) is 0 Å². The zero-order valence-corrected chi connectivity index (χ0v) is 24.9. The predicted octanol–water partition coefficient (Wildman–Crippen LogP) is 3.10. The number of carbonyl (C=O) groups excluding carboxylic acids is 2. The van der Waals surface area contributed by atoms with Crippen LogP contribution in [0.1, 0.15) is 34.6 Å². The topological polar surface area (TPSA) is 138 Å². The van der Waals surface area contributed by atoms with Crippen molar-refractivity contribution in [1.29, 1.82) is 0 Å². The number of hydrogen-bond donors (Lipinski definition) is 2. The molecule has 1 aromatic carbocycles. The summed E-state index contributed by atoms with van der Waals surface area (Å²) < 4.78 is 6.90. The summed E-state index contributed by atoms with van der Waals surface area (Å²) in [6.07, 6.45) is 1.36. The van der Waals surface area contributed by atoms with Gasteiger partial charge in [0.1, 0.15) is 5.82 Å². The van der Waals surface area contributed by atoms with Crippen molar-refractivity contribution in [3.63, 3.8) is 0 Å². The molecule has 2 aliphatic heterocycles. The molecule has 2 fully saturated rings. The molecule has 4 heterocycles. The number of amides is 2. The van der Waals surface area contributed by atoms with Gasteiger partial charge in [-0.1, -0.05) is 0 Å². The average Bonchev–Trinajstić information content (AvgIpc) is 3.32. The number of nitrogen functional groups attached to an aromatic ring is 1. The van der Waals surface area contributed by atoms with E-state index < -0.39 is 0 Å². The van der Waals surface area contributed by atoms with Crippen molar-refractivity contribution in [3.05, 3.63) is 42.6 Å². The molecule has 13 heteroatoms. The lowest BCUT2D eigenvalue weighted by atomic mass is 10.1. The third-order valence-corrected chi connectivity index (χ3v) is 7.58. The van der Waals surface area contributed by atoms with Crippen LogP contribution < -0.4 is 20.9 Å². The summed E-state index contributed by atoms with van der Waals surface area (Å²) in [6, 6.07) is 11.9. The maximum absolute atomic E-state index is 12.2. The zero-order valence-electron chi connectivity index (χ0n) is 24.9. The van der Waals surface area contributed by atoms with Gasteiger partial charge in [-0.05, 0) is 58.0 Å². The van der Waals surface area contributed by atoms with Crippen molar-refractivity contribution in [3.8, 4) is 5.69 Å². The highest BCUT2D eigenvalue weighted by molar-refractivity contribution is 5.74. The van der Waals surface area contributed by atoms with Crippen molar-refractivity contribution in [1.82, 2.24) is 29.5 Å². The summed E-state index contributed by atoms with van der Waals surface area (Å²) in [7, 11) is 0. The van der Waals surface area contributed by atoms with E-state index in [-0.39, 0.29) is 36.1 Å². The molecule has 0 unspecified atom stereocenters. The van der Waals surface area contributed by atoms with Crippen LogP contribution in [-0.2, 0) is 9.53 Å². The van der Waals surface area contributed by atoms with Crippen LogP contribution in [0, 0.1) is 0 Å². The van der Waals surface area contributed by atoms with E-state index in [1.54, 1.807) is 22.7 Å². The van der Waals surface area contributed by atoms with Crippen LogP contribution in [-0.4, -0.2) is 99.0 Å². The van der Waals surface area contributed by atoms with Crippen LogP contribution in [0.15, 0.2) is 42.6 Å². The van der Waals surface area contributed by atoms with E-state index in [0.717, 1.165) is 36.0 Å². The van der Waals surface area contributed by atoms with Crippen LogP contribution in [0.5, 0.6) is 0 Å². The molecule has 13 nitrogen and oxygen atoms in total. The van der Waals surface area contributed by atoms with Gasteiger partial charge in [0, 0.05) is 81.9 Å². The normalized spacial score (nSPS) is 19.3. The summed E-state index contributed by atoms with van der Waals surface area (Å²) in [5, 5.41) is 7.83. The lowest BCUT2D eigenvalue weighted by molar-refractivity contribution is -0.133. The molecule has 5 rings (SSSR count). The molecular formula is C29H40N10O3. The minimum atomic E-state index is -0.255. The molecule has 3 aromatic rings. The van der Waals surface area contributed by atoms with Crippen LogP contribution >= 0.6 is 0 Å². The van der Waals surface area contributed by atoms with Crippen LogP contribution in [0.4, 0.5) is 33.9 Å². The van der Waals surface area contributed by atoms with Gasteiger partial charge in [-0.15, -0.1) is 5.10 Å². The Morgan fingerprint density at radius 3 is 2.26 bits per heavy atom. The Morgan fingerprint density at radius 2 is 1.64 bits per heavy atom. The molecule has 0 radical (unpaired) electrons. The number of piperazine rings is 2. The first-order chi connectivity index (χ1) is 20.1. The second-order valence-electron chi connectivity index (χ2n) is 11.2. The molecule has 2 atom stereocenters. The number of hydrogen-bond acceptors (Lipinski definition) is 10. The summed E-state index contributed by atoms with van der Waals surface area (Å²) in [4.78, 5) is 41.3. The summed E-state index contributed by atoms with van der Waals surface area (Å²) in [5.74, 6) is 1.52. The Morgan fingerprint density at radius 1 is 0.976 bits per heavy atom. The lowest BCUT2D eigenvalue weighted by Gasteiger charge is -2.44. The van der Waals surface area contributed by atoms with Crippen molar-refractivity contribution in [2.24, 2.45) is 0 Å². The van der Waals surface area contributed by atoms with Gasteiger partial charge < -0.3 is 35.4 Å². The number of ether oxygens (including phenoxy) is 1. The molecule has 0 aliphatic carbocycles. The zero-order chi connectivity index (χ0) is 30.0. The fraction of sp³-hybridized carbons (Fsp3) is 0.483. The molecule has 0 bridgehead atoms. The molecule has 0 saturated carbocycles. The predicted molar refractivity (Wildman–Crippen MR) is 162 cm³/mol. The number of pyridine rings is 1. The fourth-order valence-electron chi connectivity index (χ4n) is 5.72. The number of nitrogens with zero attached hydrogens (tertiary/aromatic N) is 8. The van der Waals surface area contributed by atoms with E-state index in [9.17, 15) is 9.59 Å². The number of carbonyl (C=O) groups is 2. The summed E-state index contributed by atoms with van der Waals surface area (Å²) >= 11 is 0. The second-order valence-corrected chi connectivity index (χ2v) is 11.2. The van der Waals surface area contributed by atoms with Crippen molar-refractivity contribution >= 4 is 41.1 Å². The van der Waals surface area contributed by atoms with E-state index in [2.05, 4.69) is 44.0 Å². The molecule has 2 amide bonds. The molecule has 0 spiro atoms. The molecule has 2 aromatic heterocycles. The highest BCUT2D eigenvalue weighted by Gasteiger charge is 2.32. The number of benzene rings is 1. The highest BCUT2D eigenvalue weighted by Crippen LogP contribution is 2.25. The van der Waals surface area contributed by atoms with Crippen LogP contribution in [0.3, 0.4) is 0 Å². The largest absolute Gasteiger partial charge is 0.447 e. The molecule has 2 aliphatic rings. The first kappa shape index (κ1) is 29.0.